The molecule has 3 fully saturated rings. The number of piperazine rings is 1. The fourth-order valence-electron chi connectivity index (χ4n) is 5.36. The van der Waals surface area contributed by atoms with Gasteiger partial charge in [0.2, 0.25) is 0 Å². The Kier molecular flexibility index (Phi) is 7.01. The highest BCUT2D eigenvalue weighted by atomic mass is 35.5. The van der Waals surface area contributed by atoms with Crippen molar-refractivity contribution in [1.29, 1.82) is 0 Å². The van der Waals surface area contributed by atoms with Gasteiger partial charge >= 0.3 is 6.03 Å². The molecule has 1 aromatic rings. The van der Waals surface area contributed by atoms with Gasteiger partial charge in [-0.3, -0.25) is 4.90 Å². The van der Waals surface area contributed by atoms with Crippen LogP contribution in [0.5, 0.6) is 0 Å². The van der Waals surface area contributed by atoms with Gasteiger partial charge in [-0.05, 0) is 69.5 Å². The summed E-state index contributed by atoms with van der Waals surface area (Å²) in [6.07, 6.45) is 8.46. The van der Waals surface area contributed by atoms with E-state index in [0.29, 0.717) is 28.2 Å². The standard InChI is InChI=1S/C23H34Cl2N4O/c1-27(2)23(30)26-17-8-6-16(7-9-17)12-13-28-14-15-29(20-11-10-19(20)28)21-5-3-4-18(24)22(21)25/h3-5,16-17,19-20H,6-15H2,1-2H3,(H,26,30)/t16-,17-,19?,20?. The third-order valence-corrected chi connectivity index (χ3v) is 8.15. The lowest BCUT2D eigenvalue weighted by molar-refractivity contribution is 0.0648. The fraction of sp³-hybridized carbons (Fsp3) is 0.696. The molecule has 0 radical (unpaired) electrons. The van der Waals surface area contributed by atoms with Gasteiger partial charge in [0.15, 0.2) is 0 Å². The number of halogens is 2. The number of urea groups is 1. The summed E-state index contributed by atoms with van der Waals surface area (Å²) in [4.78, 5) is 18.7. The van der Waals surface area contributed by atoms with Gasteiger partial charge in [-0.1, -0.05) is 29.3 Å². The van der Waals surface area contributed by atoms with Crippen molar-refractivity contribution in [2.75, 3.05) is 38.6 Å². The van der Waals surface area contributed by atoms with Crippen molar-refractivity contribution in [2.24, 2.45) is 5.92 Å². The predicted molar refractivity (Wildman–Crippen MR) is 125 cm³/mol. The lowest BCUT2D eigenvalue weighted by Gasteiger charge is -2.55. The Morgan fingerprint density at radius 1 is 1.07 bits per heavy atom. The van der Waals surface area contributed by atoms with Gasteiger partial charge in [-0.2, -0.15) is 0 Å². The van der Waals surface area contributed by atoms with Gasteiger partial charge in [0.25, 0.3) is 0 Å². The minimum atomic E-state index is 0.0344. The molecule has 1 aliphatic heterocycles. The van der Waals surface area contributed by atoms with Crippen LogP contribution in [0.3, 0.4) is 0 Å². The van der Waals surface area contributed by atoms with E-state index >= 15 is 0 Å². The lowest BCUT2D eigenvalue weighted by atomic mass is 9.80. The number of nitrogens with one attached hydrogen (secondary N) is 1. The molecule has 1 aromatic carbocycles. The number of nitrogens with zero attached hydrogens (tertiary/aromatic N) is 3. The molecule has 2 unspecified atom stereocenters. The molecule has 1 N–H and O–H groups in total. The summed E-state index contributed by atoms with van der Waals surface area (Å²) in [6, 6.07) is 7.55. The van der Waals surface area contributed by atoms with Crippen LogP contribution in [0.1, 0.15) is 44.9 Å². The SMILES string of the molecule is CN(C)C(=O)N[C@H]1CC[C@H](CCN2CCN(c3cccc(Cl)c3Cl)C3CCC32)CC1. The second-order valence-corrected chi connectivity index (χ2v) is 10.1. The molecule has 1 saturated heterocycles. The fourth-order valence-corrected chi connectivity index (χ4v) is 5.76. The molecule has 0 spiro atoms. The van der Waals surface area contributed by atoms with E-state index in [-0.39, 0.29) is 6.03 Å². The molecule has 7 heteroatoms. The number of hydrogen-bond donors (Lipinski definition) is 1. The zero-order valence-corrected chi connectivity index (χ0v) is 19.6. The number of fused-ring (bicyclic) bond motifs is 1. The number of rotatable bonds is 5. The normalized spacial score (nSPS) is 29.1. The maximum atomic E-state index is 11.9. The lowest BCUT2D eigenvalue weighted by Crippen LogP contribution is -2.65. The summed E-state index contributed by atoms with van der Waals surface area (Å²) in [5.74, 6) is 0.788. The molecule has 4 rings (SSSR count). The van der Waals surface area contributed by atoms with Gasteiger partial charge in [-0.25, -0.2) is 4.79 Å². The van der Waals surface area contributed by atoms with Crippen molar-refractivity contribution < 1.29 is 4.79 Å². The first kappa shape index (κ1) is 22.0. The van der Waals surface area contributed by atoms with Crippen LogP contribution < -0.4 is 10.2 Å². The van der Waals surface area contributed by atoms with Crippen LogP contribution in [0.25, 0.3) is 0 Å². The smallest absolute Gasteiger partial charge is 0.317 e. The number of amides is 2. The topological polar surface area (TPSA) is 38.8 Å². The molecule has 166 valence electrons. The highest BCUT2D eigenvalue weighted by molar-refractivity contribution is 6.43. The zero-order valence-electron chi connectivity index (χ0n) is 18.1. The minimum absolute atomic E-state index is 0.0344. The summed E-state index contributed by atoms with van der Waals surface area (Å²) >= 11 is 12.8. The van der Waals surface area contributed by atoms with Crippen molar-refractivity contribution in [3.63, 3.8) is 0 Å². The van der Waals surface area contributed by atoms with Gasteiger partial charge in [0, 0.05) is 45.3 Å². The van der Waals surface area contributed by atoms with Crippen molar-refractivity contribution in [3.05, 3.63) is 28.2 Å². The Labute approximate surface area is 190 Å². The summed E-state index contributed by atoms with van der Waals surface area (Å²) in [7, 11) is 3.60. The van der Waals surface area contributed by atoms with Crippen LogP contribution in [0.4, 0.5) is 10.5 Å². The van der Waals surface area contributed by atoms with Crippen LogP contribution in [-0.2, 0) is 0 Å². The van der Waals surface area contributed by atoms with E-state index in [0.717, 1.165) is 37.5 Å². The molecule has 30 heavy (non-hydrogen) atoms. The van der Waals surface area contributed by atoms with Crippen LogP contribution in [0.2, 0.25) is 10.0 Å². The van der Waals surface area contributed by atoms with Crippen molar-refractivity contribution in [3.8, 4) is 0 Å². The summed E-state index contributed by atoms with van der Waals surface area (Å²) in [5.41, 5.74) is 1.09. The average Bonchev–Trinajstić information content (AvgIpc) is 2.70. The van der Waals surface area contributed by atoms with E-state index in [1.54, 1.807) is 19.0 Å². The summed E-state index contributed by atoms with van der Waals surface area (Å²) in [5, 5.41) is 4.48. The number of anilines is 1. The van der Waals surface area contributed by atoms with Gasteiger partial charge in [-0.15, -0.1) is 0 Å². The first-order chi connectivity index (χ1) is 14.4. The molecule has 0 aromatic heterocycles. The van der Waals surface area contributed by atoms with Gasteiger partial charge < -0.3 is 15.1 Å². The van der Waals surface area contributed by atoms with E-state index in [9.17, 15) is 4.79 Å². The second kappa shape index (κ2) is 9.54. The Bertz CT molecular complexity index is 751. The third kappa shape index (κ3) is 4.68. The first-order valence-electron chi connectivity index (χ1n) is 11.4. The molecule has 2 aliphatic carbocycles. The van der Waals surface area contributed by atoms with E-state index in [1.165, 1.54) is 38.6 Å². The Hall–Kier alpha value is -1.17. The Morgan fingerprint density at radius 3 is 2.47 bits per heavy atom. The number of carbonyl (C=O) groups is 1. The highest BCUT2D eigenvalue weighted by Crippen LogP contribution is 2.41. The van der Waals surface area contributed by atoms with Crippen LogP contribution in [0.15, 0.2) is 18.2 Å². The van der Waals surface area contributed by atoms with Gasteiger partial charge in [0.05, 0.1) is 15.7 Å². The van der Waals surface area contributed by atoms with Crippen molar-refractivity contribution >= 4 is 34.9 Å². The molecule has 2 amide bonds. The monoisotopic (exact) mass is 452 g/mol. The van der Waals surface area contributed by atoms with Crippen LogP contribution in [-0.4, -0.2) is 67.7 Å². The highest BCUT2D eigenvalue weighted by Gasteiger charge is 2.43. The minimum Gasteiger partial charge on any atom is -0.364 e. The summed E-state index contributed by atoms with van der Waals surface area (Å²) < 4.78 is 0. The van der Waals surface area contributed by atoms with E-state index in [2.05, 4.69) is 21.2 Å². The second-order valence-electron chi connectivity index (χ2n) is 9.36. The van der Waals surface area contributed by atoms with E-state index < -0.39 is 0 Å². The molecule has 2 atom stereocenters. The van der Waals surface area contributed by atoms with E-state index in [4.69, 9.17) is 23.2 Å². The molecular weight excluding hydrogens is 419 g/mol. The number of carbonyl (C=O) groups excluding carboxylic acids is 1. The third-order valence-electron chi connectivity index (χ3n) is 7.35. The zero-order chi connectivity index (χ0) is 21.3. The Balaban J connectivity index is 1.25. The maximum Gasteiger partial charge on any atom is 0.317 e. The molecular formula is C23H34Cl2N4O. The quantitative estimate of drug-likeness (QED) is 0.692. The molecule has 5 nitrogen and oxygen atoms in total. The van der Waals surface area contributed by atoms with E-state index in [1.807, 2.05) is 12.1 Å². The van der Waals surface area contributed by atoms with Crippen LogP contribution >= 0.6 is 23.2 Å². The summed E-state index contributed by atoms with van der Waals surface area (Å²) in [6.45, 7) is 3.31. The first-order valence-corrected chi connectivity index (χ1v) is 12.1. The number of benzene rings is 1. The molecule has 2 saturated carbocycles. The van der Waals surface area contributed by atoms with Crippen molar-refractivity contribution in [2.45, 2.75) is 63.1 Å². The average molecular weight is 453 g/mol. The maximum absolute atomic E-state index is 11.9. The van der Waals surface area contributed by atoms with Gasteiger partial charge in [0.1, 0.15) is 0 Å². The largest absolute Gasteiger partial charge is 0.364 e. The molecule has 3 aliphatic rings. The molecule has 0 bridgehead atoms. The Morgan fingerprint density at radius 2 is 1.80 bits per heavy atom. The van der Waals surface area contributed by atoms with Crippen molar-refractivity contribution in [1.82, 2.24) is 15.1 Å². The predicted octanol–water partition coefficient (Wildman–Crippen LogP) is 4.87. The van der Waals surface area contributed by atoms with Crippen LogP contribution in [0, 0.1) is 5.92 Å². The molecule has 1 heterocycles. The number of hydrogen-bond acceptors (Lipinski definition) is 3.